The van der Waals surface area contributed by atoms with Crippen LogP contribution < -0.4 is 4.72 Å². The topological polar surface area (TPSA) is 66.5 Å². The van der Waals surface area contributed by atoms with Gasteiger partial charge in [0.05, 0.1) is 15.6 Å². The molecule has 1 fully saturated rings. The van der Waals surface area contributed by atoms with Crippen molar-refractivity contribution in [3.63, 3.8) is 0 Å². The Bertz CT molecular complexity index is 856. The van der Waals surface area contributed by atoms with Gasteiger partial charge in [-0.3, -0.25) is 9.52 Å². The number of amides is 1. The maximum atomic E-state index is 12.9. The molecule has 1 saturated heterocycles. The third-order valence-electron chi connectivity index (χ3n) is 4.11. The smallest absolute Gasteiger partial charge is 0.271 e. The molecular formula is C17H19ClN2O3S2. The van der Waals surface area contributed by atoms with Gasteiger partial charge in [0, 0.05) is 13.1 Å². The van der Waals surface area contributed by atoms with Crippen molar-refractivity contribution in [2.24, 2.45) is 0 Å². The van der Waals surface area contributed by atoms with Crippen LogP contribution in [0.3, 0.4) is 0 Å². The number of carbonyl (C=O) groups excluding carboxylic acids is 1. The summed E-state index contributed by atoms with van der Waals surface area (Å²) < 4.78 is 28.1. The van der Waals surface area contributed by atoms with Gasteiger partial charge in [0.25, 0.3) is 15.9 Å². The molecule has 0 atom stereocenters. The molecule has 1 aromatic heterocycles. The van der Waals surface area contributed by atoms with Crippen LogP contribution in [0.5, 0.6) is 0 Å². The first-order valence-corrected chi connectivity index (χ1v) is 10.8. The highest BCUT2D eigenvalue weighted by molar-refractivity contribution is 7.94. The Hall–Kier alpha value is -1.57. The van der Waals surface area contributed by atoms with Gasteiger partial charge in [-0.25, -0.2) is 8.42 Å². The Labute approximate surface area is 156 Å². The Morgan fingerprint density at radius 1 is 1.04 bits per heavy atom. The molecule has 0 radical (unpaired) electrons. The molecule has 1 aliphatic heterocycles. The molecule has 1 aliphatic rings. The number of para-hydroxylation sites is 1. The van der Waals surface area contributed by atoms with Crippen LogP contribution in [0, 0.1) is 0 Å². The summed E-state index contributed by atoms with van der Waals surface area (Å²) in [5.74, 6) is -0.135. The predicted octanol–water partition coefficient (Wildman–Crippen LogP) is 4.22. The fourth-order valence-corrected chi connectivity index (χ4v) is 5.40. The Kier molecular flexibility index (Phi) is 5.66. The number of anilines is 1. The molecule has 1 aromatic carbocycles. The lowest BCUT2D eigenvalue weighted by molar-refractivity contribution is 0.0762. The largest absolute Gasteiger partial charge is 0.339 e. The molecule has 25 heavy (non-hydrogen) atoms. The van der Waals surface area contributed by atoms with Crippen LogP contribution in [0.15, 0.2) is 40.6 Å². The molecule has 0 unspecified atom stereocenters. The van der Waals surface area contributed by atoms with Crippen molar-refractivity contribution in [2.75, 3.05) is 17.8 Å². The highest BCUT2D eigenvalue weighted by Crippen LogP contribution is 2.28. The van der Waals surface area contributed by atoms with Crippen molar-refractivity contribution in [3.05, 3.63) is 46.3 Å². The van der Waals surface area contributed by atoms with Crippen molar-refractivity contribution < 1.29 is 13.2 Å². The van der Waals surface area contributed by atoms with Crippen molar-refractivity contribution >= 4 is 44.6 Å². The zero-order chi connectivity index (χ0) is 17.9. The second kappa shape index (κ2) is 7.76. The molecule has 134 valence electrons. The summed E-state index contributed by atoms with van der Waals surface area (Å²) in [7, 11) is -3.77. The molecule has 0 spiro atoms. The highest BCUT2D eigenvalue weighted by Gasteiger charge is 2.23. The fraction of sp³-hybridized carbons (Fsp3) is 0.353. The molecule has 1 amide bonds. The number of nitrogens with zero attached hydrogens (tertiary/aromatic N) is 1. The minimum atomic E-state index is -3.77. The number of thiophene rings is 1. The molecule has 3 rings (SSSR count). The van der Waals surface area contributed by atoms with Gasteiger partial charge >= 0.3 is 0 Å². The molecule has 0 saturated carbocycles. The van der Waals surface area contributed by atoms with E-state index in [9.17, 15) is 13.2 Å². The van der Waals surface area contributed by atoms with Crippen molar-refractivity contribution in [1.29, 1.82) is 0 Å². The van der Waals surface area contributed by atoms with Crippen molar-refractivity contribution in [3.8, 4) is 0 Å². The van der Waals surface area contributed by atoms with Gasteiger partial charge in [-0.05, 0) is 37.1 Å². The maximum Gasteiger partial charge on any atom is 0.271 e. The van der Waals surface area contributed by atoms with Gasteiger partial charge in [0.2, 0.25) is 0 Å². The number of benzene rings is 1. The lowest BCUT2D eigenvalue weighted by atomic mass is 10.1. The lowest BCUT2D eigenvalue weighted by Crippen LogP contribution is -2.32. The number of sulfonamides is 1. The summed E-state index contributed by atoms with van der Waals surface area (Å²) in [6.07, 6.45) is 4.20. The zero-order valence-electron chi connectivity index (χ0n) is 13.6. The van der Waals surface area contributed by atoms with E-state index < -0.39 is 10.0 Å². The van der Waals surface area contributed by atoms with E-state index in [1.807, 2.05) is 4.90 Å². The standard InChI is InChI=1S/C17H19ClN2O3S2/c18-15-9-10-16(24-15)25(22,23)19-14-8-4-3-7-13(14)17(21)20-11-5-1-2-6-12-20/h3-4,7-10,19H,1-2,5-6,11-12H2. The number of hydrogen-bond donors (Lipinski definition) is 1. The molecule has 0 bridgehead atoms. The summed E-state index contributed by atoms with van der Waals surface area (Å²) in [6.45, 7) is 1.42. The second-order valence-electron chi connectivity index (χ2n) is 5.92. The normalized spacial score (nSPS) is 15.6. The van der Waals surface area contributed by atoms with E-state index in [2.05, 4.69) is 4.72 Å². The van der Waals surface area contributed by atoms with Gasteiger partial charge in [0.1, 0.15) is 4.21 Å². The molecule has 2 aromatic rings. The summed E-state index contributed by atoms with van der Waals surface area (Å²) in [4.78, 5) is 14.7. The summed E-state index contributed by atoms with van der Waals surface area (Å²) in [6, 6.07) is 9.71. The third-order valence-corrected chi connectivity index (χ3v) is 7.20. The number of carbonyl (C=O) groups is 1. The van der Waals surface area contributed by atoms with Gasteiger partial charge in [-0.15, -0.1) is 11.3 Å². The van der Waals surface area contributed by atoms with Gasteiger partial charge in [-0.1, -0.05) is 36.6 Å². The Balaban J connectivity index is 1.87. The number of hydrogen-bond acceptors (Lipinski definition) is 4. The van der Waals surface area contributed by atoms with Crippen molar-refractivity contribution in [1.82, 2.24) is 4.90 Å². The van der Waals surface area contributed by atoms with Crippen LogP contribution >= 0.6 is 22.9 Å². The molecular weight excluding hydrogens is 380 g/mol. The molecule has 5 nitrogen and oxygen atoms in total. The van der Waals surface area contributed by atoms with Gasteiger partial charge < -0.3 is 4.90 Å². The monoisotopic (exact) mass is 398 g/mol. The van der Waals surface area contributed by atoms with Crippen LogP contribution in [0.2, 0.25) is 4.34 Å². The van der Waals surface area contributed by atoms with Crippen LogP contribution in [-0.4, -0.2) is 32.3 Å². The summed E-state index contributed by atoms with van der Waals surface area (Å²) in [5, 5.41) is 0. The van der Waals surface area contributed by atoms with E-state index >= 15 is 0 Å². The lowest BCUT2D eigenvalue weighted by Gasteiger charge is -2.22. The first-order chi connectivity index (χ1) is 12.0. The minimum absolute atomic E-state index is 0.120. The Morgan fingerprint density at radius 2 is 1.72 bits per heavy atom. The van der Waals surface area contributed by atoms with E-state index in [1.165, 1.54) is 12.1 Å². The van der Waals surface area contributed by atoms with E-state index in [1.54, 1.807) is 24.3 Å². The molecule has 8 heteroatoms. The SMILES string of the molecule is O=C(c1ccccc1NS(=O)(=O)c1ccc(Cl)s1)N1CCCCCC1. The molecule has 0 aliphatic carbocycles. The number of rotatable bonds is 4. The van der Waals surface area contributed by atoms with E-state index in [4.69, 9.17) is 11.6 Å². The summed E-state index contributed by atoms with van der Waals surface area (Å²) >= 11 is 6.81. The fourth-order valence-electron chi connectivity index (χ4n) is 2.84. The number of likely N-dealkylation sites (tertiary alicyclic amines) is 1. The van der Waals surface area contributed by atoms with Gasteiger partial charge in [-0.2, -0.15) is 0 Å². The van der Waals surface area contributed by atoms with Crippen LogP contribution in [-0.2, 0) is 10.0 Å². The first-order valence-electron chi connectivity index (χ1n) is 8.14. The quantitative estimate of drug-likeness (QED) is 0.838. The highest BCUT2D eigenvalue weighted by atomic mass is 35.5. The van der Waals surface area contributed by atoms with E-state index in [-0.39, 0.29) is 10.1 Å². The first kappa shape index (κ1) is 18.2. The third kappa shape index (κ3) is 4.34. The summed E-state index contributed by atoms with van der Waals surface area (Å²) in [5.41, 5.74) is 0.664. The van der Waals surface area contributed by atoms with Crippen LogP contribution in [0.4, 0.5) is 5.69 Å². The van der Waals surface area contributed by atoms with E-state index in [0.717, 1.165) is 37.0 Å². The predicted molar refractivity (Wildman–Crippen MR) is 101 cm³/mol. The number of halogens is 1. The minimum Gasteiger partial charge on any atom is -0.339 e. The average molecular weight is 399 g/mol. The molecule has 1 N–H and O–H groups in total. The van der Waals surface area contributed by atoms with E-state index in [0.29, 0.717) is 28.7 Å². The van der Waals surface area contributed by atoms with Crippen LogP contribution in [0.25, 0.3) is 0 Å². The van der Waals surface area contributed by atoms with Crippen LogP contribution in [0.1, 0.15) is 36.0 Å². The van der Waals surface area contributed by atoms with Crippen molar-refractivity contribution in [2.45, 2.75) is 29.9 Å². The number of nitrogens with one attached hydrogen (secondary N) is 1. The van der Waals surface area contributed by atoms with Gasteiger partial charge in [0.15, 0.2) is 0 Å². The zero-order valence-corrected chi connectivity index (χ0v) is 16.0. The second-order valence-corrected chi connectivity index (χ2v) is 9.54. The Morgan fingerprint density at radius 3 is 2.36 bits per heavy atom. The average Bonchev–Trinajstić information content (AvgIpc) is 2.86. The maximum absolute atomic E-state index is 12.9. The molecule has 2 heterocycles.